The van der Waals surface area contributed by atoms with Gasteiger partial charge >= 0.3 is 17.9 Å². The number of rotatable bonds is 6. The van der Waals surface area contributed by atoms with E-state index in [-0.39, 0.29) is 11.9 Å². The quantitative estimate of drug-likeness (QED) is 0.536. The standard InChI is InChI=1S/C19H24O7S/c1-11-7-5-6-8-16(11)27-17-9-18(24-13(3)21)26-15(10-23-12(2)20)19(17)25-14(4)22/h5-8,15,17-19H,9-10H2,1-4H3/t15-,17-,18+,19-/m1/s1. The number of esters is 3. The molecule has 0 spiro atoms. The average Bonchev–Trinajstić information content (AvgIpc) is 2.56. The molecule has 1 heterocycles. The predicted molar refractivity (Wildman–Crippen MR) is 98.1 cm³/mol. The Morgan fingerprint density at radius 1 is 1.07 bits per heavy atom. The Kier molecular flexibility index (Phi) is 7.67. The molecule has 0 bridgehead atoms. The van der Waals surface area contributed by atoms with Crippen molar-refractivity contribution >= 4 is 29.7 Å². The Hall–Kier alpha value is -2.06. The zero-order valence-electron chi connectivity index (χ0n) is 15.8. The number of hydrogen-bond acceptors (Lipinski definition) is 8. The van der Waals surface area contributed by atoms with Gasteiger partial charge in [-0.3, -0.25) is 14.4 Å². The number of benzene rings is 1. The van der Waals surface area contributed by atoms with Gasteiger partial charge in [-0.15, -0.1) is 11.8 Å². The molecule has 27 heavy (non-hydrogen) atoms. The number of hydrogen-bond donors (Lipinski definition) is 0. The minimum Gasteiger partial charge on any atom is -0.463 e. The van der Waals surface area contributed by atoms with E-state index < -0.39 is 36.4 Å². The SMILES string of the molecule is CC(=O)OC[C@H]1O[C@H](OC(C)=O)C[C@@H](Sc2ccccc2C)[C@@H]1OC(C)=O. The largest absolute Gasteiger partial charge is 0.463 e. The van der Waals surface area contributed by atoms with Crippen molar-refractivity contribution < 1.29 is 33.3 Å². The highest BCUT2D eigenvalue weighted by atomic mass is 32.2. The van der Waals surface area contributed by atoms with Gasteiger partial charge in [0.05, 0.1) is 5.25 Å². The van der Waals surface area contributed by atoms with Crippen LogP contribution in [0.5, 0.6) is 0 Å². The number of carbonyl (C=O) groups excluding carboxylic acids is 3. The van der Waals surface area contributed by atoms with E-state index in [1.807, 2.05) is 31.2 Å². The summed E-state index contributed by atoms with van der Waals surface area (Å²) in [5.41, 5.74) is 1.08. The summed E-state index contributed by atoms with van der Waals surface area (Å²) in [6, 6.07) is 7.83. The highest BCUT2D eigenvalue weighted by Gasteiger charge is 2.43. The van der Waals surface area contributed by atoms with E-state index in [1.54, 1.807) is 0 Å². The van der Waals surface area contributed by atoms with Crippen molar-refractivity contribution in [2.45, 2.75) is 62.8 Å². The Labute approximate surface area is 162 Å². The van der Waals surface area contributed by atoms with Gasteiger partial charge in [-0.2, -0.15) is 0 Å². The van der Waals surface area contributed by atoms with Crippen molar-refractivity contribution in [3.63, 3.8) is 0 Å². The fraction of sp³-hybridized carbons (Fsp3) is 0.526. The normalized spacial score (nSPS) is 24.7. The van der Waals surface area contributed by atoms with Crippen LogP contribution in [-0.4, -0.2) is 48.3 Å². The molecule has 0 radical (unpaired) electrons. The van der Waals surface area contributed by atoms with Gasteiger partial charge in [0.2, 0.25) is 6.29 Å². The summed E-state index contributed by atoms with van der Waals surface area (Å²) in [5, 5.41) is -0.242. The number of aryl methyl sites for hydroxylation is 1. The predicted octanol–water partition coefficient (Wildman–Crippen LogP) is 2.63. The van der Waals surface area contributed by atoms with Crippen LogP contribution in [0.2, 0.25) is 0 Å². The fourth-order valence-electron chi connectivity index (χ4n) is 2.80. The Morgan fingerprint density at radius 2 is 1.74 bits per heavy atom. The average molecular weight is 396 g/mol. The maximum absolute atomic E-state index is 11.6. The minimum absolute atomic E-state index is 0.101. The van der Waals surface area contributed by atoms with E-state index in [0.29, 0.717) is 6.42 Å². The molecule has 0 N–H and O–H groups in total. The van der Waals surface area contributed by atoms with Crippen molar-refractivity contribution in [2.75, 3.05) is 6.61 Å². The molecule has 0 amide bonds. The molecule has 1 aromatic carbocycles. The molecule has 4 atom stereocenters. The van der Waals surface area contributed by atoms with Crippen LogP contribution in [-0.2, 0) is 33.3 Å². The first-order valence-electron chi connectivity index (χ1n) is 8.61. The Bertz CT molecular complexity index is 690. The lowest BCUT2D eigenvalue weighted by Crippen LogP contribution is -2.52. The van der Waals surface area contributed by atoms with Crippen LogP contribution in [0.1, 0.15) is 32.8 Å². The molecule has 1 aromatic rings. The molecular weight excluding hydrogens is 372 g/mol. The molecule has 148 valence electrons. The molecule has 0 unspecified atom stereocenters. The summed E-state index contributed by atoms with van der Waals surface area (Å²) in [5.74, 6) is -1.41. The highest BCUT2D eigenvalue weighted by molar-refractivity contribution is 8.00. The minimum atomic E-state index is -0.809. The van der Waals surface area contributed by atoms with E-state index in [0.717, 1.165) is 10.5 Å². The van der Waals surface area contributed by atoms with Crippen molar-refractivity contribution in [1.82, 2.24) is 0 Å². The van der Waals surface area contributed by atoms with Gasteiger partial charge in [-0.25, -0.2) is 0 Å². The number of thioether (sulfide) groups is 1. The third-order valence-corrected chi connectivity index (χ3v) is 5.38. The molecule has 7 nitrogen and oxygen atoms in total. The molecule has 0 saturated carbocycles. The van der Waals surface area contributed by atoms with Crippen LogP contribution < -0.4 is 0 Å². The molecule has 0 aliphatic carbocycles. The molecular formula is C19H24O7S. The van der Waals surface area contributed by atoms with Gasteiger partial charge < -0.3 is 18.9 Å². The summed E-state index contributed by atoms with van der Waals surface area (Å²) in [6.07, 6.45) is -1.86. The zero-order chi connectivity index (χ0) is 20.0. The van der Waals surface area contributed by atoms with Gasteiger partial charge in [0.1, 0.15) is 18.8 Å². The van der Waals surface area contributed by atoms with Crippen LogP contribution >= 0.6 is 11.8 Å². The van der Waals surface area contributed by atoms with E-state index >= 15 is 0 Å². The second-order valence-corrected chi connectivity index (χ2v) is 7.53. The van der Waals surface area contributed by atoms with E-state index in [4.69, 9.17) is 18.9 Å². The molecule has 8 heteroatoms. The van der Waals surface area contributed by atoms with Crippen LogP contribution in [0, 0.1) is 6.92 Å². The number of ether oxygens (including phenoxy) is 4. The van der Waals surface area contributed by atoms with Crippen LogP contribution in [0.15, 0.2) is 29.2 Å². The molecule has 1 aliphatic rings. The summed E-state index contributed by atoms with van der Waals surface area (Å²) < 4.78 is 21.5. The first-order valence-corrected chi connectivity index (χ1v) is 9.49. The second-order valence-electron chi connectivity index (χ2n) is 6.25. The highest BCUT2D eigenvalue weighted by Crippen LogP contribution is 2.37. The van der Waals surface area contributed by atoms with Gasteiger partial charge in [0.15, 0.2) is 0 Å². The molecule has 0 aromatic heterocycles. The summed E-state index contributed by atoms with van der Waals surface area (Å²) in [6.45, 7) is 5.79. The topological polar surface area (TPSA) is 88.1 Å². The van der Waals surface area contributed by atoms with Crippen molar-refractivity contribution in [1.29, 1.82) is 0 Å². The molecule has 1 saturated heterocycles. The first kappa shape index (κ1) is 21.2. The second kappa shape index (κ2) is 9.75. The zero-order valence-corrected chi connectivity index (χ0v) is 16.6. The monoisotopic (exact) mass is 396 g/mol. The lowest BCUT2D eigenvalue weighted by Gasteiger charge is -2.40. The van der Waals surface area contributed by atoms with Crippen LogP contribution in [0.25, 0.3) is 0 Å². The maximum Gasteiger partial charge on any atom is 0.304 e. The molecule has 1 fully saturated rings. The smallest absolute Gasteiger partial charge is 0.304 e. The van der Waals surface area contributed by atoms with E-state index in [9.17, 15) is 14.4 Å². The third-order valence-electron chi connectivity index (χ3n) is 3.91. The van der Waals surface area contributed by atoms with Crippen LogP contribution in [0.3, 0.4) is 0 Å². The van der Waals surface area contributed by atoms with Crippen LogP contribution in [0.4, 0.5) is 0 Å². The summed E-state index contributed by atoms with van der Waals surface area (Å²) >= 11 is 1.52. The number of carbonyl (C=O) groups is 3. The summed E-state index contributed by atoms with van der Waals surface area (Å²) in [7, 11) is 0. The maximum atomic E-state index is 11.6. The van der Waals surface area contributed by atoms with Crippen molar-refractivity contribution in [3.05, 3.63) is 29.8 Å². The lowest BCUT2D eigenvalue weighted by atomic mass is 10.0. The van der Waals surface area contributed by atoms with Gasteiger partial charge in [-0.05, 0) is 18.6 Å². The van der Waals surface area contributed by atoms with E-state index in [1.165, 1.54) is 32.5 Å². The molecule has 1 aliphatic heterocycles. The molecule has 2 rings (SSSR count). The fourth-order valence-corrected chi connectivity index (χ4v) is 4.15. The first-order chi connectivity index (χ1) is 12.8. The summed E-state index contributed by atoms with van der Waals surface area (Å²) in [4.78, 5) is 35.3. The third kappa shape index (κ3) is 6.55. The van der Waals surface area contributed by atoms with Crippen molar-refractivity contribution in [3.8, 4) is 0 Å². The van der Waals surface area contributed by atoms with Gasteiger partial charge in [0.25, 0.3) is 0 Å². The Morgan fingerprint density at radius 3 is 2.33 bits per heavy atom. The van der Waals surface area contributed by atoms with Gasteiger partial charge in [-0.1, -0.05) is 18.2 Å². The van der Waals surface area contributed by atoms with E-state index in [2.05, 4.69) is 0 Å². The van der Waals surface area contributed by atoms with Crippen molar-refractivity contribution in [2.24, 2.45) is 0 Å². The lowest BCUT2D eigenvalue weighted by molar-refractivity contribution is -0.232. The van der Waals surface area contributed by atoms with Gasteiger partial charge in [0, 0.05) is 32.1 Å². The Balaban J connectivity index is 2.27.